The zero-order valence-corrected chi connectivity index (χ0v) is 8.17. The van der Waals surface area contributed by atoms with E-state index in [1.165, 1.54) is 0 Å². The van der Waals surface area contributed by atoms with E-state index in [4.69, 9.17) is 1.41 Å². The van der Waals surface area contributed by atoms with Crippen molar-refractivity contribution >= 4 is 19.2 Å². The molecule has 0 aromatic rings. The van der Waals surface area contributed by atoms with Crippen molar-refractivity contribution in [2.75, 3.05) is 0 Å². The first-order valence-corrected chi connectivity index (χ1v) is 4.56. The largest absolute Gasteiger partial charge is 0.403 e. The highest BCUT2D eigenvalue weighted by Gasteiger charge is 2.37. The molecule has 0 aromatic heterocycles. The van der Waals surface area contributed by atoms with Gasteiger partial charge in [0.05, 0.1) is 11.8 Å². The molecule has 1 saturated carbocycles. The van der Waals surface area contributed by atoms with Crippen LogP contribution in [0.3, 0.4) is 0 Å². The lowest BCUT2D eigenvalue weighted by Gasteiger charge is -2.14. The second-order valence-electron chi connectivity index (χ2n) is 3.53. The Labute approximate surface area is 85.6 Å². The molecule has 1 aliphatic rings. The van der Waals surface area contributed by atoms with Crippen LogP contribution in [-0.2, 0) is 9.59 Å². The lowest BCUT2D eigenvalue weighted by Crippen LogP contribution is -2.38. The monoisotopic (exact) mass is 194 g/mol. The summed E-state index contributed by atoms with van der Waals surface area (Å²) in [6.45, 7) is 5.49. The minimum atomic E-state index is -0.449. The van der Waals surface area contributed by atoms with Crippen LogP contribution in [-0.4, -0.2) is 19.2 Å². The standard InChI is InChI=1S/C9H14BN2O2/c1-5-3-6(8(11)13)7(4-5)9(14)12-10-2/h6-7H,1,3-4H2,2H3,(H2,11,13)(H,12,14)/t6-,7-/m0/s1/i/hD. The lowest BCUT2D eigenvalue weighted by atomic mass is 9.91. The van der Waals surface area contributed by atoms with Gasteiger partial charge < -0.3 is 11.0 Å². The first-order chi connectivity index (χ1) is 7.10. The van der Waals surface area contributed by atoms with Gasteiger partial charge in [-0.15, -0.1) is 0 Å². The molecule has 0 spiro atoms. The molecule has 2 amide bonds. The minimum Gasteiger partial charge on any atom is -0.403 e. The molecule has 75 valence electrons. The summed E-state index contributed by atoms with van der Waals surface area (Å²) in [4.78, 5) is 22.9. The van der Waals surface area contributed by atoms with Crippen LogP contribution < -0.4 is 11.0 Å². The van der Waals surface area contributed by atoms with E-state index in [0.717, 1.165) is 5.57 Å². The first kappa shape index (κ1) is 9.31. The van der Waals surface area contributed by atoms with E-state index >= 15 is 0 Å². The quantitative estimate of drug-likeness (QED) is 0.483. The van der Waals surface area contributed by atoms with E-state index in [1.807, 2.05) is 5.73 Å². The van der Waals surface area contributed by atoms with Crippen LogP contribution in [0.1, 0.15) is 12.8 Å². The third kappa shape index (κ3) is 2.16. The van der Waals surface area contributed by atoms with Crippen LogP contribution in [0, 0.1) is 11.8 Å². The maximum atomic E-state index is 11.6. The number of hydrogen-bond acceptors (Lipinski definition) is 2. The number of primary amides is 1. The Hall–Kier alpha value is -1.26. The van der Waals surface area contributed by atoms with E-state index in [0.29, 0.717) is 12.8 Å². The Morgan fingerprint density at radius 1 is 1.64 bits per heavy atom. The van der Waals surface area contributed by atoms with Crippen molar-refractivity contribution in [3.63, 3.8) is 0 Å². The van der Waals surface area contributed by atoms with Crippen molar-refractivity contribution < 1.29 is 11.0 Å². The highest BCUT2D eigenvalue weighted by Crippen LogP contribution is 2.34. The molecule has 1 fully saturated rings. The van der Waals surface area contributed by atoms with Crippen molar-refractivity contribution in [3.05, 3.63) is 12.2 Å². The molecule has 0 bridgehead atoms. The Kier molecular flexibility index (Phi) is 2.86. The molecule has 3 N–H and O–H groups in total. The molecule has 1 rings (SSSR count). The van der Waals surface area contributed by atoms with Crippen LogP contribution in [0.25, 0.3) is 0 Å². The molecule has 5 heteroatoms. The predicted octanol–water partition coefficient (Wildman–Crippen LogP) is -0.162. The average Bonchev–Trinajstić information content (AvgIpc) is 2.59. The predicted molar refractivity (Wildman–Crippen MR) is 54.3 cm³/mol. The third-order valence-electron chi connectivity index (χ3n) is 2.46. The van der Waals surface area contributed by atoms with Crippen LogP contribution in [0.4, 0.5) is 0 Å². The number of carbonyl (C=O) groups excluding carboxylic acids is 2. The van der Waals surface area contributed by atoms with Gasteiger partial charge in [0, 0.05) is 0 Å². The number of hydrogen-bond donors (Lipinski definition) is 2. The van der Waals surface area contributed by atoms with Gasteiger partial charge in [-0.1, -0.05) is 19.0 Å². The van der Waals surface area contributed by atoms with Crippen molar-refractivity contribution in [2.45, 2.75) is 19.7 Å². The highest BCUT2D eigenvalue weighted by atomic mass is 16.2. The molecule has 0 heterocycles. The molecule has 1 aliphatic carbocycles. The molecular formula is C9H14BN2O2. The zero-order chi connectivity index (χ0) is 11.4. The summed E-state index contributed by atoms with van der Waals surface area (Å²) in [5, 5.41) is 2.57. The van der Waals surface area contributed by atoms with E-state index in [-0.39, 0.29) is 11.8 Å². The lowest BCUT2D eigenvalue weighted by molar-refractivity contribution is -0.131. The Morgan fingerprint density at radius 2 is 2.29 bits per heavy atom. The van der Waals surface area contributed by atoms with Gasteiger partial charge in [0.15, 0.2) is 1.41 Å². The molecule has 4 nitrogen and oxygen atoms in total. The van der Waals surface area contributed by atoms with Gasteiger partial charge in [-0.25, -0.2) is 0 Å². The fourth-order valence-corrected chi connectivity index (χ4v) is 1.79. The summed E-state index contributed by atoms with van der Waals surface area (Å²) in [6, 6.07) is 0. The van der Waals surface area contributed by atoms with Crippen molar-refractivity contribution in [1.82, 2.24) is 5.23 Å². The van der Waals surface area contributed by atoms with E-state index in [1.54, 1.807) is 14.2 Å². The fourth-order valence-electron chi connectivity index (χ4n) is 1.79. The smallest absolute Gasteiger partial charge is 0.242 e. The Morgan fingerprint density at radius 3 is 2.86 bits per heavy atom. The van der Waals surface area contributed by atoms with Crippen LogP contribution in [0.15, 0.2) is 12.2 Å². The number of amides is 2. The fraction of sp³-hybridized carbons (Fsp3) is 0.556. The Balaban J connectivity index is 2.72. The first-order valence-electron chi connectivity index (χ1n) is 5.06. The van der Waals surface area contributed by atoms with Gasteiger partial charge in [-0.05, 0) is 12.8 Å². The maximum Gasteiger partial charge on any atom is 0.242 e. The molecule has 1 radical (unpaired) electrons. The van der Waals surface area contributed by atoms with E-state index < -0.39 is 11.8 Å². The molecule has 0 unspecified atom stereocenters. The summed E-state index contributed by atoms with van der Waals surface area (Å²) in [6.07, 6.45) is 1.02. The second kappa shape index (κ2) is 4.31. The second-order valence-corrected chi connectivity index (χ2v) is 3.53. The third-order valence-corrected chi connectivity index (χ3v) is 2.46. The summed E-state index contributed by atoms with van der Waals surface area (Å²) in [5.74, 6) is -1.43. The van der Waals surface area contributed by atoms with Gasteiger partial charge in [-0.2, -0.15) is 0 Å². The highest BCUT2D eigenvalue weighted by molar-refractivity contribution is 6.35. The van der Waals surface area contributed by atoms with E-state index in [9.17, 15) is 9.59 Å². The van der Waals surface area contributed by atoms with Crippen LogP contribution in [0.5, 0.6) is 0 Å². The summed E-state index contributed by atoms with van der Waals surface area (Å²) in [7, 11) is 1.54. The Bertz CT molecular complexity index is 296. The zero-order valence-electron chi connectivity index (χ0n) is 9.17. The molecular weight excluding hydrogens is 179 g/mol. The van der Waals surface area contributed by atoms with Gasteiger partial charge in [0.1, 0.15) is 0 Å². The van der Waals surface area contributed by atoms with Gasteiger partial charge in [-0.3, -0.25) is 9.59 Å². The number of nitrogens with two attached hydrogens (primary N) is 1. The normalized spacial score (nSPS) is 26.6. The van der Waals surface area contributed by atoms with Crippen LogP contribution in [0.2, 0.25) is 8.23 Å². The van der Waals surface area contributed by atoms with Gasteiger partial charge >= 0.3 is 0 Å². The van der Waals surface area contributed by atoms with Crippen LogP contribution >= 0.6 is 0 Å². The number of rotatable bonds is 3. The number of allylic oxidation sites excluding steroid dienone is 1. The molecule has 14 heavy (non-hydrogen) atoms. The summed E-state index contributed by atoms with van der Waals surface area (Å²) in [5.41, 5.74) is 2.72. The molecule has 0 aromatic carbocycles. The number of nitrogens with one attached hydrogen (secondary N) is 1. The van der Waals surface area contributed by atoms with Gasteiger partial charge in [0.25, 0.3) is 0 Å². The maximum absolute atomic E-state index is 11.6. The van der Waals surface area contributed by atoms with Gasteiger partial charge in [0.2, 0.25) is 19.2 Å². The summed E-state index contributed by atoms with van der Waals surface area (Å²) >= 11 is 0. The van der Waals surface area contributed by atoms with Crippen molar-refractivity contribution in [3.8, 4) is 0 Å². The topological polar surface area (TPSA) is 72.2 Å². The number of carbonyl (C=O) groups is 2. The molecule has 0 saturated heterocycles. The SMILES string of the molecule is [2H]NC(=O)[C@H]1CC(=C)C[C@@H]1C(=O)N[B]C. The average molecular weight is 194 g/mol. The molecule has 0 aliphatic heterocycles. The summed E-state index contributed by atoms with van der Waals surface area (Å²) < 4.78 is 6.80. The van der Waals surface area contributed by atoms with Crippen molar-refractivity contribution in [2.24, 2.45) is 17.6 Å². The van der Waals surface area contributed by atoms with E-state index in [2.05, 4.69) is 11.8 Å². The molecule has 2 atom stereocenters. The minimum absolute atomic E-state index is 0.176. The van der Waals surface area contributed by atoms with Crippen molar-refractivity contribution in [1.29, 1.82) is 0 Å².